The summed E-state index contributed by atoms with van der Waals surface area (Å²) in [6, 6.07) is 1.43. The van der Waals surface area contributed by atoms with Crippen LogP contribution in [0.5, 0.6) is 0 Å². The van der Waals surface area contributed by atoms with Crippen LogP contribution in [0, 0.1) is 23.4 Å². The fourth-order valence-corrected chi connectivity index (χ4v) is 3.86. The second-order valence-electron chi connectivity index (χ2n) is 7.87. The van der Waals surface area contributed by atoms with E-state index in [0.717, 1.165) is 12.1 Å². The van der Waals surface area contributed by atoms with Crippen molar-refractivity contribution >= 4 is 17.7 Å². The smallest absolute Gasteiger partial charge is 0.414 e. The van der Waals surface area contributed by atoms with Gasteiger partial charge in [0.2, 0.25) is 5.91 Å². The van der Waals surface area contributed by atoms with Crippen LogP contribution in [0.25, 0.3) is 0 Å². The fraction of sp³-hybridized carbons (Fsp3) is 0.450. The number of carbonyl (C=O) groups excluding carboxylic acids is 2. The number of halogens is 3. The summed E-state index contributed by atoms with van der Waals surface area (Å²) in [7, 11) is 0. The summed E-state index contributed by atoms with van der Waals surface area (Å²) < 4.78 is 47.1. The second-order valence-corrected chi connectivity index (χ2v) is 7.87. The van der Waals surface area contributed by atoms with Gasteiger partial charge >= 0.3 is 6.09 Å². The standard InChI is InChI=1S/C20H21F3N4O3/c1-11-7-26(20(29)30-10-11)16-6-24-27-8-12(2)25(9-17(16)27)18(28)5-13-3-14(21)19(23)15(22)4-13/h3-4,6,11-12H,5,7-10H2,1-2H3/t11?,12-/m0/s1. The molecule has 10 heteroatoms. The normalized spacial score (nSPS) is 21.4. The van der Waals surface area contributed by atoms with Crippen LogP contribution in [0.2, 0.25) is 0 Å². The SMILES string of the molecule is CC1COC(=O)N(c2cnn3c2CN(C(=O)Cc2cc(F)c(F)c(F)c2)[C@@H](C)C3)C1. The van der Waals surface area contributed by atoms with E-state index in [1.54, 1.807) is 15.8 Å². The quantitative estimate of drug-likeness (QED) is 0.714. The first-order valence-electron chi connectivity index (χ1n) is 9.66. The lowest BCUT2D eigenvalue weighted by molar-refractivity contribution is -0.134. The molecule has 0 spiro atoms. The van der Waals surface area contributed by atoms with Gasteiger partial charge in [0.1, 0.15) is 0 Å². The molecule has 30 heavy (non-hydrogen) atoms. The first-order chi connectivity index (χ1) is 14.2. The summed E-state index contributed by atoms with van der Waals surface area (Å²) >= 11 is 0. The number of rotatable bonds is 3. The monoisotopic (exact) mass is 422 g/mol. The molecule has 160 valence electrons. The number of aromatic nitrogens is 2. The predicted octanol–water partition coefficient (Wildman–Crippen LogP) is 2.87. The number of hydrogen-bond donors (Lipinski definition) is 0. The van der Waals surface area contributed by atoms with Crippen molar-refractivity contribution in [3.63, 3.8) is 0 Å². The molecule has 0 N–H and O–H groups in total. The number of hydrogen-bond acceptors (Lipinski definition) is 4. The van der Waals surface area contributed by atoms with Gasteiger partial charge in [-0.05, 0) is 24.6 Å². The zero-order valence-electron chi connectivity index (χ0n) is 16.6. The Balaban J connectivity index is 1.56. The molecule has 2 amide bonds. The second kappa shape index (κ2) is 7.66. The van der Waals surface area contributed by atoms with Crippen molar-refractivity contribution in [2.24, 2.45) is 5.92 Å². The molecule has 1 aromatic heterocycles. The van der Waals surface area contributed by atoms with Crippen molar-refractivity contribution in [2.75, 3.05) is 18.1 Å². The molecule has 2 aliphatic heterocycles. The third-order valence-electron chi connectivity index (χ3n) is 5.43. The van der Waals surface area contributed by atoms with Gasteiger partial charge in [-0.15, -0.1) is 0 Å². The van der Waals surface area contributed by atoms with E-state index >= 15 is 0 Å². The van der Waals surface area contributed by atoms with Crippen LogP contribution in [0.3, 0.4) is 0 Å². The van der Waals surface area contributed by atoms with Crippen molar-refractivity contribution in [1.29, 1.82) is 0 Å². The van der Waals surface area contributed by atoms with E-state index in [2.05, 4.69) is 5.10 Å². The van der Waals surface area contributed by atoms with E-state index in [-0.39, 0.29) is 36.4 Å². The molecule has 0 radical (unpaired) electrons. The molecule has 4 rings (SSSR count). The predicted molar refractivity (Wildman–Crippen MR) is 100 cm³/mol. The number of nitrogens with zero attached hydrogens (tertiary/aromatic N) is 4. The Morgan fingerprint density at radius 2 is 1.90 bits per heavy atom. The highest BCUT2D eigenvalue weighted by Crippen LogP contribution is 2.30. The highest BCUT2D eigenvalue weighted by Gasteiger charge is 2.34. The summed E-state index contributed by atoms with van der Waals surface area (Å²) in [6.45, 7) is 5.23. The lowest BCUT2D eigenvalue weighted by Gasteiger charge is -2.36. The lowest BCUT2D eigenvalue weighted by Crippen LogP contribution is -2.47. The van der Waals surface area contributed by atoms with Crippen molar-refractivity contribution < 1.29 is 27.5 Å². The van der Waals surface area contributed by atoms with Gasteiger partial charge in [-0.25, -0.2) is 18.0 Å². The van der Waals surface area contributed by atoms with Gasteiger partial charge in [-0.1, -0.05) is 6.92 Å². The minimum atomic E-state index is -1.56. The van der Waals surface area contributed by atoms with E-state index in [1.165, 1.54) is 4.90 Å². The van der Waals surface area contributed by atoms with Crippen LogP contribution in [0.15, 0.2) is 18.3 Å². The van der Waals surface area contributed by atoms with E-state index in [0.29, 0.717) is 31.1 Å². The maximum Gasteiger partial charge on any atom is 0.414 e. The van der Waals surface area contributed by atoms with Crippen molar-refractivity contribution in [3.05, 3.63) is 47.0 Å². The van der Waals surface area contributed by atoms with Gasteiger partial charge in [-0.3, -0.25) is 14.4 Å². The number of amides is 2. The maximum atomic E-state index is 13.5. The summed E-state index contributed by atoms with van der Waals surface area (Å²) in [6.07, 6.45) is 0.850. The van der Waals surface area contributed by atoms with E-state index in [9.17, 15) is 22.8 Å². The molecule has 0 saturated carbocycles. The largest absolute Gasteiger partial charge is 0.449 e. The van der Waals surface area contributed by atoms with Crippen LogP contribution < -0.4 is 4.90 Å². The Labute approximate surface area is 171 Å². The van der Waals surface area contributed by atoms with Crippen molar-refractivity contribution in [1.82, 2.24) is 14.7 Å². The van der Waals surface area contributed by atoms with E-state index in [4.69, 9.17) is 4.74 Å². The minimum absolute atomic E-state index is 0.0522. The Kier molecular flexibility index (Phi) is 5.17. The molecule has 3 heterocycles. The van der Waals surface area contributed by atoms with Crippen molar-refractivity contribution in [3.8, 4) is 0 Å². The molecular formula is C20H21F3N4O3. The van der Waals surface area contributed by atoms with Gasteiger partial charge in [0.25, 0.3) is 0 Å². The molecule has 0 aliphatic carbocycles. The third kappa shape index (κ3) is 3.61. The number of carbonyl (C=O) groups is 2. The highest BCUT2D eigenvalue weighted by atomic mass is 19.2. The summed E-state index contributed by atoms with van der Waals surface area (Å²) in [5.41, 5.74) is 1.32. The number of anilines is 1. The Hall–Kier alpha value is -3.04. The van der Waals surface area contributed by atoms with Gasteiger partial charge < -0.3 is 9.64 Å². The topological polar surface area (TPSA) is 67.7 Å². The fourth-order valence-electron chi connectivity index (χ4n) is 3.86. The number of ether oxygens (including phenoxy) is 1. The van der Waals surface area contributed by atoms with Crippen molar-refractivity contribution in [2.45, 2.75) is 39.4 Å². The van der Waals surface area contributed by atoms with Crippen LogP contribution in [0.4, 0.5) is 23.7 Å². The Morgan fingerprint density at radius 3 is 2.60 bits per heavy atom. The van der Waals surface area contributed by atoms with Crippen LogP contribution in [-0.4, -0.2) is 45.9 Å². The minimum Gasteiger partial charge on any atom is -0.449 e. The summed E-state index contributed by atoms with van der Waals surface area (Å²) in [5, 5.41) is 4.34. The zero-order chi connectivity index (χ0) is 21.6. The molecule has 1 aromatic carbocycles. The number of cyclic esters (lactones) is 1. The molecule has 1 fully saturated rings. The van der Waals surface area contributed by atoms with E-state index < -0.39 is 23.5 Å². The summed E-state index contributed by atoms with van der Waals surface area (Å²) in [4.78, 5) is 28.2. The molecule has 2 aliphatic rings. The number of benzene rings is 1. The molecule has 1 saturated heterocycles. The average molecular weight is 422 g/mol. The van der Waals surface area contributed by atoms with E-state index in [1.807, 2.05) is 13.8 Å². The molecule has 2 aromatic rings. The molecule has 0 bridgehead atoms. The van der Waals surface area contributed by atoms with Crippen LogP contribution in [0.1, 0.15) is 25.1 Å². The average Bonchev–Trinajstić information content (AvgIpc) is 3.09. The zero-order valence-corrected chi connectivity index (χ0v) is 16.6. The Morgan fingerprint density at radius 1 is 1.20 bits per heavy atom. The Bertz CT molecular complexity index is 986. The summed E-state index contributed by atoms with van der Waals surface area (Å²) in [5.74, 6) is -4.43. The first-order valence-corrected chi connectivity index (χ1v) is 9.66. The maximum absolute atomic E-state index is 13.5. The van der Waals surface area contributed by atoms with Crippen LogP contribution >= 0.6 is 0 Å². The van der Waals surface area contributed by atoms with Gasteiger partial charge in [0, 0.05) is 18.5 Å². The molecular weight excluding hydrogens is 401 g/mol. The van der Waals surface area contributed by atoms with Gasteiger partial charge in [0.15, 0.2) is 17.5 Å². The number of fused-ring (bicyclic) bond motifs is 1. The van der Waals surface area contributed by atoms with Gasteiger partial charge in [-0.2, -0.15) is 5.10 Å². The first kappa shape index (κ1) is 20.2. The molecule has 2 atom stereocenters. The molecule has 1 unspecified atom stereocenters. The third-order valence-corrected chi connectivity index (χ3v) is 5.43. The lowest BCUT2D eigenvalue weighted by atomic mass is 10.1. The highest BCUT2D eigenvalue weighted by molar-refractivity contribution is 5.89. The van der Waals surface area contributed by atoms with Crippen LogP contribution in [-0.2, 0) is 29.0 Å². The van der Waals surface area contributed by atoms with Gasteiger partial charge in [0.05, 0.1) is 43.7 Å². The molecule has 7 nitrogen and oxygen atoms in total.